The number of hydrogen-bond donors (Lipinski definition) is 2. The summed E-state index contributed by atoms with van der Waals surface area (Å²) in [5, 5.41) is 16.1. The highest BCUT2D eigenvalue weighted by atomic mass is 31.0. The lowest BCUT2D eigenvalue weighted by Crippen LogP contribution is -2.30. The van der Waals surface area contributed by atoms with Gasteiger partial charge in [0.05, 0.1) is 22.4 Å². The minimum atomic E-state index is -0.736. The van der Waals surface area contributed by atoms with Crippen molar-refractivity contribution in [3.63, 3.8) is 0 Å². The van der Waals surface area contributed by atoms with Gasteiger partial charge in [-0.1, -0.05) is 0 Å². The number of hydrogen-bond acceptors (Lipinski definition) is 4. The monoisotopic (exact) mass is 303 g/mol. The van der Waals surface area contributed by atoms with Crippen LogP contribution in [0, 0.1) is 5.21 Å². The van der Waals surface area contributed by atoms with Crippen LogP contribution >= 0.6 is 9.39 Å². The first-order valence-electron chi connectivity index (χ1n) is 6.86. The van der Waals surface area contributed by atoms with E-state index in [1.54, 1.807) is 0 Å². The number of hydroxylamine groups is 2. The molecule has 7 nitrogen and oxygen atoms in total. The second-order valence-corrected chi connectivity index (χ2v) is 5.76. The Kier molecular flexibility index (Phi) is 7.05. The largest absolute Gasteiger partial charge is 0.624 e. The molecule has 0 bridgehead atoms. The Hall–Kier alpha value is -1.04. The number of nitrogens with zero attached hydrogens (tertiary/aromatic N) is 1. The summed E-state index contributed by atoms with van der Waals surface area (Å²) in [6.07, 6.45) is 4.72. The molecular formula is C12H22N3O4P. The minimum absolute atomic E-state index is 0.204. The first-order valence-corrected chi connectivity index (χ1v) is 7.38. The Morgan fingerprint density at radius 2 is 1.40 bits per heavy atom. The van der Waals surface area contributed by atoms with Crippen LogP contribution in [0.1, 0.15) is 38.5 Å². The second-order valence-electron chi connectivity index (χ2n) is 4.92. The van der Waals surface area contributed by atoms with Crippen LogP contribution in [0.3, 0.4) is 0 Å². The van der Waals surface area contributed by atoms with Crippen molar-refractivity contribution in [2.75, 3.05) is 19.6 Å². The second kappa shape index (κ2) is 8.29. The summed E-state index contributed by atoms with van der Waals surface area (Å²) in [6.45, 7) is 2.21. The molecule has 3 saturated heterocycles. The van der Waals surface area contributed by atoms with Gasteiger partial charge in [-0.2, -0.15) is 0 Å². The summed E-state index contributed by atoms with van der Waals surface area (Å²) >= 11 is 0. The van der Waals surface area contributed by atoms with Crippen molar-refractivity contribution in [3.05, 3.63) is 5.21 Å². The van der Waals surface area contributed by atoms with Gasteiger partial charge in [-0.05, 0) is 12.8 Å². The Morgan fingerprint density at radius 1 is 0.900 bits per heavy atom. The van der Waals surface area contributed by atoms with E-state index in [1.807, 2.05) is 9.39 Å². The van der Waals surface area contributed by atoms with Gasteiger partial charge in [0.1, 0.15) is 0 Å². The molecule has 20 heavy (non-hydrogen) atoms. The normalized spacial score (nSPS) is 28.0. The van der Waals surface area contributed by atoms with Gasteiger partial charge in [0, 0.05) is 32.4 Å². The van der Waals surface area contributed by atoms with E-state index in [0.717, 1.165) is 45.2 Å². The predicted octanol–water partition coefficient (Wildman–Crippen LogP) is 0.204. The van der Waals surface area contributed by atoms with Crippen LogP contribution in [0.25, 0.3) is 0 Å². The van der Waals surface area contributed by atoms with Crippen molar-refractivity contribution in [2.45, 2.75) is 38.5 Å². The molecule has 0 saturated carbocycles. The summed E-state index contributed by atoms with van der Waals surface area (Å²) in [6, 6.07) is 0. The predicted molar refractivity (Wildman–Crippen MR) is 76.9 cm³/mol. The molecular weight excluding hydrogens is 281 g/mol. The third-order valence-corrected chi connectivity index (χ3v) is 3.65. The van der Waals surface area contributed by atoms with E-state index in [9.17, 15) is 19.6 Å². The number of nitrogens with one attached hydrogen (secondary N) is 2. The van der Waals surface area contributed by atoms with Crippen LogP contribution < -0.4 is 10.6 Å². The first-order chi connectivity index (χ1) is 9.42. The molecule has 3 aliphatic heterocycles. The van der Waals surface area contributed by atoms with Crippen molar-refractivity contribution in [2.24, 2.45) is 0 Å². The van der Waals surface area contributed by atoms with Gasteiger partial charge in [-0.15, -0.1) is 0 Å². The van der Waals surface area contributed by atoms with E-state index < -0.39 is 4.42 Å². The standard InChI is InChI=1S/C4H8NO2P.2C4H7NO/c6-4-2-1-3-5(4,7)8;2*6-4-2-1-3-5-4/h1-3,8H2;2*1-3H2,(H,5,6). The highest BCUT2D eigenvalue weighted by Crippen LogP contribution is 2.23. The maximum absolute atomic E-state index is 10.8. The van der Waals surface area contributed by atoms with E-state index in [4.69, 9.17) is 0 Å². The van der Waals surface area contributed by atoms with Gasteiger partial charge in [-0.3, -0.25) is 14.0 Å². The van der Waals surface area contributed by atoms with Crippen LogP contribution in [-0.2, 0) is 14.4 Å². The van der Waals surface area contributed by atoms with Gasteiger partial charge >= 0.3 is 5.91 Å². The average molecular weight is 303 g/mol. The fourth-order valence-corrected chi connectivity index (χ4v) is 2.22. The van der Waals surface area contributed by atoms with Crippen LogP contribution in [0.2, 0.25) is 0 Å². The molecule has 0 aliphatic carbocycles. The molecule has 3 fully saturated rings. The summed E-state index contributed by atoms with van der Waals surface area (Å²) in [5.74, 6) is 0.194. The molecule has 3 aliphatic rings. The van der Waals surface area contributed by atoms with Crippen LogP contribution in [-0.4, -0.2) is 41.8 Å². The lowest BCUT2D eigenvalue weighted by atomic mass is 10.4. The number of rotatable bonds is 0. The van der Waals surface area contributed by atoms with E-state index in [-0.39, 0.29) is 17.7 Å². The molecule has 2 atom stereocenters. The smallest absolute Gasteiger partial charge is 0.314 e. The molecule has 0 radical (unpaired) electrons. The van der Waals surface area contributed by atoms with Crippen LogP contribution in [0.15, 0.2) is 0 Å². The molecule has 2 unspecified atom stereocenters. The molecule has 3 heterocycles. The van der Waals surface area contributed by atoms with Gasteiger partial charge in [0.25, 0.3) is 0 Å². The zero-order chi connectivity index (χ0) is 15.0. The molecule has 0 aromatic heterocycles. The summed E-state index contributed by atoms with van der Waals surface area (Å²) < 4.78 is -0.736. The Balaban J connectivity index is 0.000000152. The lowest BCUT2D eigenvalue weighted by molar-refractivity contribution is -0.652. The molecule has 0 spiro atoms. The fourth-order valence-electron chi connectivity index (χ4n) is 1.91. The highest BCUT2D eigenvalue weighted by Gasteiger charge is 2.28. The molecule has 2 N–H and O–H groups in total. The Morgan fingerprint density at radius 3 is 1.50 bits per heavy atom. The molecule has 114 valence electrons. The van der Waals surface area contributed by atoms with E-state index >= 15 is 0 Å². The highest BCUT2D eigenvalue weighted by molar-refractivity contribution is 7.09. The quantitative estimate of drug-likeness (QED) is 0.493. The van der Waals surface area contributed by atoms with Crippen molar-refractivity contribution in [1.29, 1.82) is 0 Å². The fraction of sp³-hybridized carbons (Fsp3) is 0.750. The lowest BCUT2D eigenvalue weighted by Gasteiger charge is -2.28. The molecule has 0 aromatic carbocycles. The van der Waals surface area contributed by atoms with Gasteiger partial charge in [-0.25, -0.2) is 4.79 Å². The number of carbonyl (C=O) groups is 3. The maximum Gasteiger partial charge on any atom is 0.314 e. The molecule has 3 amide bonds. The third kappa shape index (κ3) is 6.41. The van der Waals surface area contributed by atoms with Gasteiger partial charge in [0.2, 0.25) is 11.8 Å². The van der Waals surface area contributed by atoms with Crippen LogP contribution in [0.5, 0.6) is 0 Å². The zero-order valence-electron chi connectivity index (χ0n) is 11.5. The van der Waals surface area contributed by atoms with Gasteiger partial charge < -0.3 is 15.8 Å². The van der Waals surface area contributed by atoms with Crippen LogP contribution in [0.4, 0.5) is 0 Å². The topological polar surface area (TPSA) is 98.3 Å². The maximum atomic E-state index is 10.8. The number of carbonyl (C=O) groups excluding carboxylic acids is 3. The average Bonchev–Trinajstić information content (AvgIpc) is 3.08. The SMILES string of the molecule is O=C1CCCN1.O=C1CCCN1.O=C1CCC[N+]1([O-])P. The van der Waals surface area contributed by atoms with Gasteiger partial charge in [0.15, 0.2) is 0 Å². The zero-order valence-corrected chi connectivity index (χ0v) is 12.7. The first kappa shape index (κ1) is 17.0. The van der Waals surface area contributed by atoms with Crippen molar-refractivity contribution in [3.8, 4) is 0 Å². The number of quaternary nitrogens is 1. The van der Waals surface area contributed by atoms with E-state index in [2.05, 4.69) is 10.6 Å². The molecule has 3 rings (SSSR count). The van der Waals surface area contributed by atoms with Crippen molar-refractivity contribution >= 4 is 27.1 Å². The summed E-state index contributed by atoms with van der Waals surface area (Å²) in [5.41, 5.74) is 0. The molecule has 8 heteroatoms. The molecule has 0 aromatic rings. The van der Waals surface area contributed by atoms with Crippen molar-refractivity contribution in [1.82, 2.24) is 10.6 Å². The van der Waals surface area contributed by atoms with E-state index in [0.29, 0.717) is 13.0 Å². The van der Waals surface area contributed by atoms with Crippen molar-refractivity contribution < 1.29 is 18.8 Å². The summed E-state index contributed by atoms with van der Waals surface area (Å²) in [4.78, 5) is 30.8. The minimum Gasteiger partial charge on any atom is -0.624 e. The Labute approximate surface area is 120 Å². The van der Waals surface area contributed by atoms with E-state index in [1.165, 1.54) is 0 Å². The third-order valence-electron chi connectivity index (χ3n) is 3.11. The number of amides is 3. The summed E-state index contributed by atoms with van der Waals surface area (Å²) in [7, 11) is 2.00. The Bertz CT molecular complexity index is 338.